The van der Waals surface area contributed by atoms with Gasteiger partial charge in [-0.15, -0.1) is 0 Å². The molecule has 90 valence electrons. The van der Waals surface area contributed by atoms with Crippen LogP contribution in [-0.2, 0) is 10.0 Å². The molecule has 1 unspecified atom stereocenters. The monoisotopic (exact) mass is 235 g/mol. The predicted octanol–water partition coefficient (Wildman–Crippen LogP) is 0.867. The summed E-state index contributed by atoms with van der Waals surface area (Å²) in [4.78, 5) is 0. The number of aliphatic hydroxyl groups is 1. The largest absolute Gasteiger partial charge is 0.395 e. The molecule has 0 bridgehead atoms. The average molecular weight is 235 g/mol. The zero-order valence-electron chi connectivity index (χ0n) is 9.49. The molecule has 1 atom stereocenters. The fourth-order valence-electron chi connectivity index (χ4n) is 2.11. The molecule has 5 heteroatoms. The minimum Gasteiger partial charge on any atom is -0.395 e. The van der Waals surface area contributed by atoms with E-state index < -0.39 is 10.0 Å². The Morgan fingerprint density at radius 1 is 1.40 bits per heavy atom. The zero-order chi connectivity index (χ0) is 11.5. The lowest BCUT2D eigenvalue weighted by molar-refractivity contribution is 0.188. The lowest BCUT2D eigenvalue weighted by Gasteiger charge is -2.38. The molecule has 0 radical (unpaired) electrons. The highest BCUT2D eigenvalue weighted by Gasteiger charge is 2.34. The first-order valence-electron chi connectivity index (χ1n) is 5.48. The summed E-state index contributed by atoms with van der Waals surface area (Å²) in [5.41, 5.74) is 0.0285. The van der Waals surface area contributed by atoms with Crippen LogP contribution in [-0.4, -0.2) is 31.9 Å². The molecule has 0 heterocycles. The van der Waals surface area contributed by atoms with Crippen molar-refractivity contribution < 1.29 is 13.5 Å². The van der Waals surface area contributed by atoms with Crippen molar-refractivity contribution in [3.63, 3.8) is 0 Å². The van der Waals surface area contributed by atoms with Gasteiger partial charge >= 0.3 is 0 Å². The minimum atomic E-state index is -3.30. The Morgan fingerprint density at radius 2 is 2.07 bits per heavy atom. The molecule has 1 aliphatic rings. The van der Waals surface area contributed by atoms with Crippen LogP contribution in [0.2, 0.25) is 0 Å². The summed E-state index contributed by atoms with van der Waals surface area (Å²) in [6.45, 7) is 3.87. The number of nitrogens with one attached hydrogen (secondary N) is 1. The molecule has 0 spiro atoms. The van der Waals surface area contributed by atoms with Gasteiger partial charge in [0.05, 0.1) is 12.4 Å². The lowest BCUT2D eigenvalue weighted by Crippen LogP contribution is -2.47. The van der Waals surface area contributed by atoms with E-state index in [2.05, 4.69) is 18.6 Å². The van der Waals surface area contributed by atoms with Crippen LogP contribution >= 0.6 is 0 Å². The highest BCUT2D eigenvalue weighted by atomic mass is 32.2. The van der Waals surface area contributed by atoms with E-state index >= 15 is 0 Å². The molecule has 0 aliphatic heterocycles. The Bertz CT molecular complexity index is 298. The van der Waals surface area contributed by atoms with Gasteiger partial charge in [-0.25, -0.2) is 13.1 Å². The smallest absolute Gasteiger partial charge is 0.214 e. The summed E-state index contributed by atoms with van der Waals surface area (Å²) in [5.74, 6) is -0.195. The van der Waals surface area contributed by atoms with Gasteiger partial charge in [0.1, 0.15) is 0 Å². The Balaban J connectivity index is 2.64. The molecule has 0 saturated heterocycles. The van der Waals surface area contributed by atoms with Gasteiger partial charge in [0.25, 0.3) is 0 Å². The highest BCUT2D eigenvalue weighted by molar-refractivity contribution is 7.89. The Morgan fingerprint density at radius 3 is 2.60 bits per heavy atom. The molecule has 15 heavy (non-hydrogen) atoms. The van der Waals surface area contributed by atoms with Crippen molar-refractivity contribution in [1.29, 1.82) is 0 Å². The first-order chi connectivity index (χ1) is 6.87. The number of hydrogen-bond acceptors (Lipinski definition) is 3. The van der Waals surface area contributed by atoms with Gasteiger partial charge in [0, 0.05) is 6.04 Å². The lowest BCUT2D eigenvalue weighted by atomic mass is 9.74. The van der Waals surface area contributed by atoms with E-state index in [1.807, 2.05) is 0 Å². The van der Waals surface area contributed by atoms with E-state index in [9.17, 15) is 8.42 Å². The van der Waals surface area contributed by atoms with Gasteiger partial charge in [0.2, 0.25) is 10.0 Å². The van der Waals surface area contributed by atoms with Crippen LogP contribution in [0.15, 0.2) is 0 Å². The quantitative estimate of drug-likeness (QED) is 0.759. The summed E-state index contributed by atoms with van der Waals surface area (Å²) < 4.78 is 25.7. The van der Waals surface area contributed by atoms with Crippen LogP contribution in [0.5, 0.6) is 0 Å². The molecule has 0 aromatic rings. The van der Waals surface area contributed by atoms with Gasteiger partial charge in [-0.05, 0) is 18.3 Å². The van der Waals surface area contributed by atoms with Crippen LogP contribution in [0, 0.1) is 5.41 Å². The Labute approximate surface area is 92.1 Å². The summed E-state index contributed by atoms with van der Waals surface area (Å²) in [7, 11) is -3.30. The Hall–Kier alpha value is -0.130. The molecule has 1 fully saturated rings. The molecule has 0 amide bonds. The van der Waals surface area contributed by atoms with E-state index in [0.29, 0.717) is 0 Å². The third kappa shape index (κ3) is 3.74. The summed E-state index contributed by atoms with van der Waals surface area (Å²) in [6.07, 6.45) is 4.21. The summed E-state index contributed by atoms with van der Waals surface area (Å²) in [6, 6.07) is 0.0165. The SMILES string of the molecule is CC1(C)CCCCC1NS(=O)(=O)CCO. The van der Waals surface area contributed by atoms with E-state index in [4.69, 9.17) is 5.11 Å². The van der Waals surface area contributed by atoms with Gasteiger partial charge in [-0.1, -0.05) is 26.7 Å². The van der Waals surface area contributed by atoms with E-state index in [1.54, 1.807) is 0 Å². The second-order valence-electron chi connectivity index (χ2n) is 4.95. The minimum absolute atomic E-state index is 0.0165. The molecule has 1 saturated carbocycles. The molecular weight excluding hydrogens is 214 g/mol. The van der Waals surface area contributed by atoms with E-state index in [1.165, 1.54) is 6.42 Å². The maximum Gasteiger partial charge on any atom is 0.214 e. The topological polar surface area (TPSA) is 66.4 Å². The normalized spacial score (nSPS) is 26.5. The molecule has 2 N–H and O–H groups in total. The third-order valence-corrected chi connectivity index (χ3v) is 4.55. The summed E-state index contributed by atoms with van der Waals surface area (Å²) >= 11 is 0. The molecule has 1 rings (SSSR count). The molecule has 0 aromatic heterocycles. The molecule has 0 aromatic carbocycles. The highest BCUT2D eigenvalue weighted by Crippen LogP contribution is 2.35. The number of sulfonamides is 1. The third-order valence-electron chi connectivity index (χ3n) is 3.19. The first kappa shape index (κ1) is 12.9. The number of aliphatic hydroxyl groups excluding tert-OH is 1. The van der Waals surface area contributed by atoms with Crippen molar-refractivity contribution in [2.45, 2.75) is 45.6 Å². The second-order valence-corrected chi connectivity index (χ2v) is 6.82. The van der Waals surface area contributed by atoms with Crippen LogP contribution in [0.1, 0.15) is 39.5 Å². The summed E-state index contributed by atoms with van der Waals surface area (Å²) in [5, 5.41) is 8.64. The van der Waals surface area contributed by atoms with Crippen LogP contribution in [0.25, 0.3) is 0 Å². The Kier molecular flexibility index (Phi) is 4.14. The number of hydrogen-bond donors (Lipinski definition) is 2. The van der Waals surface area contributed by atoms with Crippen LogP contribution in [0.4, 0.5) is 0 Å². The molecule has 4 nitrogen and oxygen atoms in total. The fourth-order valence-corrected chi connectivity index (χ4v) is 3.34. The van der Waals surface area contributed by atoms with E-state index in [0.717, 1.165) is 19.3 Å². The van der Waals surface area contributed by atoms with Gasteiger partial charge in [-0.2, -0.15) is 0 Å². The predicted molar refractivity (Wildman–Crippen MR) is 60.0 cm³/mol. The van der Waals surface area contributed by atoms with Gasteiger partial charge in [-0.3, -0.25) is 0 Å². The maximum atomic E-state index is 11.5. The van der Waals surface area contributed by atoms with Crippen molar-refractivity contribution in [1.82, 2.24) is 4.72 Å². The van der Waals surface area contributed by atoms with E-state index in [-0.39, 0.29) is 23.8 Å². The van der Waals surface area contributed by atoms with Crippen molar-refractivity contribution in [2.24, 2.45) is 5.41 Å². The zero-order valence-corrected chi connectivity index (χ0v) is 10.3. The van der Waals surface area contributed by atoms with Gasteiger partial charge < -0.3 is 5.11 Å². The standard InChI is InChI=1S/C10H21NO3S/c1-10(2)6-4-3-5-9(10)11-15(13,14)8-7-12/h9,11-12H,3-8H2,1-2H3. The fraction of sp³-hybridized carbons (Fsp3) is 1.00. The van der Waals surface area contributed by atoms with Crippen molar-refractivity contribution in [3.05, 3.63) is 0 Å². The molecule has 1 aliphatic carbocycles. The maximum absolute atomic E-state index is 11.5. The van der Waals surface area contributed by atoms with Crippen molar-refractivity contribution in [3.8, 4) is 0 Å². The van der Waals surface area contributed by atoms with Crippen LogP contribution < -0.4 is 4.72 Å². The molecular formula is C10H21NO3S. The van der Waals surface area contributed by atoms with Gasteiger partial charge in [0.15, 0.2) is 0 Å². The average Bonchev–Trinajstić information content (AvgIpc) is 2.08. The first-order valence-corrected chi connectivity index (χ1v) is 7.13. The van der Waals surface area contributed by atoms with Crippen molar-refractivity contribution >= 4 is 10.0 Å². The van der Waals surface area contributed by atoms with Crippen LogP contribution in [0.3, 0.4) is 0 Å². The van der Waals surface area contributed by atoms with Crippen molar-refractivity contribution in [2.75, 3.05) is 12.4 Å². The second kappa shape index (κ2) is 4.80. The number of rotatable bonds is 4.